The van der Waals surface area contributed by atoms with Crippen LogP contribution in [0.2, 0.25) is 5.02 Å². The van der Waals surface area contributed by atoms with E-state index in [1.807, 2.05) is 12.1 Å². The molecule has 3 rings (SSSR count). The monoisotopic (exact) mass is 389 g/mol. The maximum Gasteiger partial charge on any atom is 0.311 e. The van der Waals surface area contributed by atoms with Crippen LogP contribution in [0, 0.1) is 11.7 Å². The maximum atomic E-state index is 13.2. The molecule has 0 radical (unpaired) electrons. The average Bonchev–Trinajstić information content (AvgIpc) is 3.02. The van der Waals surface area contributed by atoms with Crippen LogP contribution in [0.1, 0.15) is 22.3 Å². The molecule has 1 heterocycles. The molecule has 1 aliphatic rings. The van der Waals surface area contributed by atoms with Crippen molar-refractivity contribution in [1.82, 2.24) is 4.90 Å². The first-order valence-corrected chi connectivity index (χ1v) is 8.78. The van der Waals surface area contributed by atoms with Gasteiger partial charge in [0.2, 0.25) is 5.91 Å². The standard InChI is InChI=1S/C20H17ClFNO4/c21-17-7-2-1-4-14(17)10-23-11-15(9-19(23)25)20(26)27-12-18(24)13-5-3-6-16(22)8-13/h1-8,15H,9-12H2/t15-/m1/s1. The Bertz CT molecular complexity index is 886. The molecule has 7 heteroatoms. The Hall–Kier alpha value is -2.73. The van der Waals surface area contributed by atoms with Crippen LogP contribution in [0.3, 0.4) is 0 Å². The van der Waals surface area contributed by atoms with E-state index < -0.39 is 30.1 Å². The van der Waals surface area contributed by atoms with Gasteiger partial charge in [0.15, 0.2) is 12.4 Å². The molecule has 1 amide bonds. The number of Topliss-reactive ketones (excluding diaryl/α,β-unsaturated/α-hetero) is 1. The highest BCUT2D eigenvalue weighted by atomic mass is 35.5. The smallest absolute Gasteiger partial charge is 0.311 e. The maximum absolute atomic E-state index is 13.2. The van der Waals surface area contributed by atoms with E-state index in [-0.39, 0.29) is 24.4 Å². The van der Waals surface area contributed by atoms with Crippen molar-refractivity contribution in [3.8, 4) is 0 Å². The number of carbonyl (C=O) groups excluding carboxylic acids is 3. The fourth-order valence-corrected chi connectivity index (χ4v) is 3.11. The van der Waals surface area contributed by atoms with E-state index in [1.165, 1.54) is 18.2 Å². The third-order valence-corrected chi connectivity index (χ3v) is 4.73. The molecule has 0 N–H and O–H groups in total. The van der Waals surface area contributed by atoms with Crippen LogP contribution in [0.25, 0.3) is 0 Å². The molecule has 1 fully saturated rings. The molecule has 1 aliphatic heterocycles. The van der Waals surface area contributed by atoms with Gasteiger partial charge >= 0.3 is 5.97 Å². The first kappa shape index (κ1) is 19.0. The van der Waals surface area contributed by atoms with Crippen LogP contribution in [0.4, 0.5) is 4.39 Å². The van der Waals surface area contributed by atoms with Crippen LogP contribution in [0.5, 0.6) is 0 Å². The summed E-state index contributed by atoms with van der Waals surface area (Å²) in [7, 11) is 0. The molecular formula is C20H17ClFNO4. The highest BCUT2D eigenvalue weighted by molar-refractivity contribution is 6.31. The molecule has 27 heavy (non-hydrogen) atoms. The summed E-state index contributed by atoms with van der Waals surface area (Å²) >= 11 is 6.11. The predicted octanol–water partition coefficient (Wildman–Crippen LogP) is 3.25. The Morgan fingerprint density at radius 2 is 1.96 bits per heavy atom. The van der Waals surface area contributed by atoms with Crippen molar-refractivity contribution in [3.05, 3.63) is 70.5 Å². The van der Waals surface area contributed by atoms with E-state index >= 15 is 0 Å². The number of carbonyl (C=O) groups is 3. The molecule has 1 atom stereocenters. The van der Waals surface area contributed by atoms with Crippen molar-refractivity contribution in [1.29, 1.82) is 0 Å². The molecule has 0 aromatic heterocycles. The Kier molecular flexibility index (Phi) is 5.86. The van der Waals surface area contributed by atoms with Crippen molar-refractivity contribution < 1.29 is 23.5 Å². The molecule has 0 saturated carbocycles. The molecule has 2 aromatic rings. The van der Waals surface area contributed by atoms with E-state index in [9.17, 15) is 18.8 Å². The van der Waals surface area contributed by atoms with Gasteiger partial charge in [-0.25, -0.2) is 4.39 Å². The summed E-state index contributed by atoms with van der Waals surface area (Å²) < 4.78 is 18.2. The number of rotatable bonds is 6. The van der Waals surface area contributed by atoms with E-state index in [0.717, 1.165) is 11.6 Å². The summed E-state index contributed by atoms with van der Waals surface area (Å²) in [5.74, 6) is -2.47. The minimum Gasteiger partial charge on any atom is -0.457 e. The first-order chi connectivity index (χ1) is 12.9. The SMILES string of the molecule is O=C(COC(=O)[C@@H]1CC(=O)N(Cc2ccccc2Cl)C1)c1cccc(F)c1. The number of halogens is 2. The number of nitrogens with zero attached hydrogens (tertiary/aromatic N) is 1. The lowest BCUT2D eigenvalue weighted by atomic mass is 10.1. The molecule has 0 bridgehead atoms. The molecule has 0 unspecified atom stereocenters. The fraction of sp³-hybridized carbons (Fsp3) is 0.250. The van der Waals surface area contributed by atoms with Gasteiger partial charge in [0.1, 0.15) is 5.82 Å². The molecule has 0 spiro atoms. The lowest BCUT2D eigenvalue weighted by Gasteiger charge is -2.17. The molecule has 0 aliphatic carbocycles. The number of hydrogen-bond donors (Lipinski definition) is 0. The van der Waals surface area contributed by atoms with Crippen LogP contribution >= 0.6 is 11.6 Å². The summed E-state index contributed by atoms with van der Waals surface area (Å²) in [5, 5.41) is 0.553. The zero-order valence-electron chi connectivity index (χ0n) is 14.4. The first-order valence-electron chi connectivity index (χ1n) is 8.40. The summed E-state index contributed by atoms with van der Waals surface area (Å²) in [4.78, 5) is 37.9. The van der Waals surface area contributed by atoms with Gasteiger partial charge in [-0.05, 0) is 23.8 Å². The van der Waals surface area contributed by atoms with Gasteiger partial charge in [0.25, 0.3) is 0 Å². The van der Waals surface area contributed by atoms with E-state index in [4.69, 9.17) is 16.3 Å². The summed E-state index contributed by atoms with van der Waals surface area (Å²) in [6, 6.07) is 12.3. The van der Waals surface area contributed by atoms with Gasteiger partial charge in [-0.2, -0.15) is 0 Å². The minimum atomic E-state index is -0.639. The molecular weight excluding hydrogens is 373 g/mol. The van der Waals surface area contributed by atoms with Gasteiger partial charge in [-0.15, -0.1) is 0 Å². The topological polar surface area (TPSA) is 63.7 Å². The van der Waals surface area contributed by atoms with Gasteiger partial charge in [-0.3, -0.25) is 14.4 Å². The second kappa shape index (κ2) is 8.31. The number of ketones is 1. The Balaban J connectivity index is 1.54. The van der Waals surface area contributed by atoms with Crippen LogP contribution in [-0.4, -0.2) is 35.7 Å². The highest BCUT2D eigenvalue weighted by Crippen LogP contribution is 2.24. The summed E-state index contributed by atoms with van der Waals surface area (Å²) in [6.07, 6.45) is 0.0252. The molecule has 140 valence electrons. The van der Waals surface area contributed by atoms with E-state index in [2.05, 4.69) is 0 Å². The van der Waals surface area contributed by atoms with Crippen molar-refractivity contribution in [2.24, 2.45) is 5.92 Å². The lowest BCUT2D eigenvalue weighted by Crippen LogP contribution is -2.27. The van der Waals surface area contributed by atoms with Gasteiger partial charge < -0.3 is 9.64 Å². The van der Waals surface area contributed by atoms with E-state index in [0.29, 0.717) is 11.6 Å². The van der Waals surface area contributed by atoms with Crippen molar-refractivity contribution in [2.45, 2.75) is 13.0 Å². The second-order valence-corrected chi connectivity index (χ2v) is 6.72. The lowest BCUT2D eigenvalue weighted by molar-refractivity contribution is -0.147. The number of ether oxygens (including phenoxy) is 1. The van der Waals surface area contributed by atoms with Crippen LogP contribution < -0.4 is 0 Å². The average molecular weight is 390 g/mol. The molecule has 2 aromatic carbocycles. The van der Waals surface area contributed by atoms with Crippen LogP contribution in [-0.2, 0) is 20.9 Å². The zero-order chi connectivity index (χ0) is 19.4. The third kappa shape index (κ3) is 4.71. The largest absolute Gasteiger partial charge is 0.457 e. The van der Waals surface area contributed by atoms with Crippen LogP contribution in [0.15, 0.2) is 48.5 Å². The zero-order valence-corrected chi connectivity index (χ0v) is 15.1. The van der Waals surface area contributed by atoms with E-state index in [1.54, 1.807) is 17.0 Å². The van der Waals surface area contributed by atoms with Crippen molar-refractivity contribution in [2.75, 3.05) is 13.2 Å². The Labute approximate surface area is 160 Å². The molecule has 1 saturated heterocycles. The number of esters is 1. The van der Waals surface area contributed by atoms with Crippen molar-refractivity contribution >= 4 is 29.3 Å². The Morgan fingerprint density at radius 1 is 1.19 bits per heavy atom. The summed E-state index contributed by atoms with van der Waals surface area (Å²) in [6.45, 7) is 0.0268. The predicted molar refractivity (Wildman–Crippen MR) is 96.7 cm³/mol. The van der Waals surface area contributed by atoms with Crippen molar-refractivity contribution in [3.63, 3.8) is 0 Å². The minimum absolute atomic E-state index is 0.0252. The number of hydrogen-bond acceptors (Lipinski definition) is 4. The normalized spacial score (nSPS) is 16.4. The number of amides is 1. The highest BCUT2D eigenvalue weighted by Gasteiger charge is 2.35. The third-order valence-electron chi connectivity index (χ3n) is 4.36. The summed E-state index contributed by atoms with van der Waals surface area (Å²) in [5.41, 5.74) is 0.925. The quantitative estimate of drug-likeness (QED) is 0.562. The Morgan fingerprint density at radius 3 is 2.70 bits per heavy atom. The molecule has 5 nitrogen and oxygen atoms in total. The number of likely N-dealkylation sites (tertiary alicyclic amines) is 1. The fourth-order valence-electron chi connectivity index (χ4n) is 2.91. The number of benzene rings is 2. The van der Waals surface area contributed by atoms with Gasteiger partial charge in [-0.1, -0.05) is 41.9 Å². The second-order valence-electron chi connectivity index (χ2n) is 6.31. The van der Waals surface area contributed by atoms with Gasteiger partial charge in [0, 0.05) is 30.1 Å². The van der Waals surface area contributed by atoms with Gasteiger partial charge in [0.05, 0.1) is 5.92 Å².